The number of nitro groups is 1. The molecule has 0 aliphatic heterocycles. The molecule has 0 aliphatic rings. The van der Waals surface area contributed by atoms with E-state index in [0.717, 1.165) is 17.5 Å². The van der Waals surface area contributed by atoms with Crippen molar-refractivity contribution < 1.29 is 10.0 Å². The van der Waals surface area contributed by atoms with Crippen LogP contribution in [0.4, 0.5) is 5.69 Å². The van der Waals surface area contributed by atoms with Gasteiger partial charge in [0.2, 0.25) is 0 Å². The molecule has 0 fully saturated rings. The Morgan fingerprint density at radius 1 is 1.29 bits per heavy atom. The van der Waals surface area contributed by atoms with Crippen LogP contribution in [0.3, 0.4) is 0 Å². The van der Waals surface area contributed by atoms with Crippen molar-refractivity contribution in [1.82, 2.24) is 0 Å². The Bertz CT molecular complexity index is 402. The maximum absolute atomic E-state index is 10.8. The Morgan fingerprint density at radius 3 is 2.41 bits per heavy atom. The Balaban J connectivity index is 3.13. The molecule has 17 heavy (non-hydrogen) atoms. The molecule has 0 saturated heterocycles. The Hall–Kier alpha value is -1.42. The molecule has 1 atom stereocenters. The van der Waals surface area contributed by atoms with Gasteiger partial charge in [-0.3, -0.25) is 10.1 Å². The van der Waals surface area contributed by atoms with Crippen LogP contribution < -0.4 is 0 Å². The number of nitro benzene ring substituents is 1. The summed E-state index contributed by atoms with van der Waals surface area (Å²) in [6.45, 7) is 6.02. The van der Waals surface area contributed by atoms with Gasteiger partial charge >= 0.3 is 0 Å². The van der Waals surface area contributed by atoms with E-state index >= 15 is 0 Å². The van der Waals surface area contributed by atoms with Gasteiger partial charge < -0.3 is 5.11 Å². The lowest BCUT2D eigenvalue weighted by molar-refractivity contribution is -0.385. The highest BCUT2D eigenvalue weighted by molar-refractivity contribution is 5.41. The molecule has 4 nitrogen and oxygen atoms in total. The number of aliphatic hydroxyl groups excluding tert-OH is 1. The third-order valence-corrected chi connectivity index (χ3v) is 2.70. The van der Waals surface area contributed by atoms with Crippen molar-refractivity contribution in [2.75, 3.05) is 6.61 Å². The minimum atomic E-state index is -0.378. The number of hydrogen-bond acceptors (Lipinski definition) is 3. The van der Waals surface area contributed by atoms with Crippen LogP contribution in [-0.2, 0) is 6.42 Å². The van der Waals surface area contributed by atoms with Gasteiger partial charge in [0.05, 0.1) is 4.92 Å². The quantitative estimate of drug-likeness (QED) is 0.632. The Kier molecular flexibility index (Phi) is 4.63. The molecule has 1 N–H and O–H groups in total. The lowest BCUT2D eigenvalue weighted by Gasteiger charge is -2.11. The second-order valence-electron chi connectivity index (χ2n) is 4.87. The molecule has 1 aromatic rings. The van der Waals surface area contributed by atoms with Gasteiger partial charge in [-0.15, -0.1) is 0 Å². The third-order valence-electron chi connectivity index (χ3n) is 2.70. The topological polar surface area (TPSA) is 63.4 Å². The first-order valence-electron chi connectivity index (χ1n) is 5.83. The minimum Gasteiger partial charge on any atom is -0.396 e. The molecule has 4 heteroatoms. The monoisotopic (exact) mass is 237 g/mol. The summed E-state index contributed by atoms with van der Waals surface area (Å²) < 4.78 is 0. The van der Waals surface area contributed by atoms with Crippen LogP contribution in [0.5, 0.6) is 0 Å². The molecule has 0 saturated carbocycles. The van der Waals surface area contributed by atoms with Crippen molar-refractivity contribution in [1.29, 1.82) is 0 Å². The van der Waals surface area contributed by atoms with E-state index in [9.17, 15) is 10.1 Å². The molecule has 1 unspecified atom stereocenters. The normalized spacial score (nSPS) is 12.8. The average molecular weight is 237 g/mol. The number of hydrogen-bond donors (Lipinski definition) is 1. The van der Waals surface area contributed by atoms with Gasteiger partial charge in [-0.25, -0.2) is 0 Å². The molecular weight excluding hydrogens is 218 g/mol. The second kappa shape index (κ2) is 5.77. The fourth-order valence-corrected chi connectivity index (χ4v) is 1.78. The second-order valence-corrected chi connectivity index (χ2v) is 4.87. The van der Waals surface area contributed by atoms with Crippen molar-refractivity contribution in [2.24, 2.45) is 5.92 Å². The van der Waals surface area contributed by atoms with Crippen LogP contribution in [0.15, 0.2) is 18.2 Å². The van der Waals surface area contributed by atoms with Crippen LogP contribution in [0.25, 0.3) is 0 Å². The molecule has 1 aromatic carbocycles. The fourth-order valence-electron chi connectivity index (χ4n) is 1.78. The Labute approximate surface area is 101 Å². The highest BCUT2D eigenvalue weighted by Gasteiger charge is 2.13. The molecule has 0 radical (unpaired) electrons. The fraction of sp³-hybridized carbons (Fsp3) is 0.538. The smallest absolute Gasteiger partial charge is 0.269 e. The van der Waals surface area contributed by atoms with E-state index in [-0.39, 0.29) is 23.1 Å². The summed E-state index contributed by atoms with van der Waals surface area (Å²) in [5, 5.41) is 20.0. The standard InChI is InChI=1S/C13H19NO3/c1-9(2)4-11-5-12(10(3)8-15)7-13(6-11)14(16)17/h5-7,9-10,15H,4,8H2,1-3H3. The summed E-state index contributed by atoms with van der Waals surface area (Å²) in [6, 6.07) is 5.12. The first-order valence-corrected chi connectivity index (χ1v) is 5.83. The van der Waals surface area contributed by atoms with Crippen molar-refractivity contribution in [3.05, 3.63) is 39.4 Å². The molecule has 1 rings (SSSR count). The van der Waals surface area contributed by atoms with E-state index in [4.69, 9.17) is 5.11 Å². The molecule has 0 aromatic heterocycles. The van der Waals surface area contributed by atoms with E-state index in [1.165, 1.54) is 0 Å². The zero-order valence-corrected chi connectivity index (χ0v) is 10.5. The number of nitrogens with zero attached hydrogens (tertiary/aromatic N) is 1. The first-order chi connectivity index (χ1) is 7.93. The first kappa shape index (κ1) is 13.6. The highest BCUT2D eigenvalue weighted by Crippen LogP contribution is 2.24. The van der Waals surface area contributed by atoms with E-state index in [2.05, 4.69) is 13.8 Å². The maximum Gasteiger partial charge on any atom is 0.269 e. The third kappa shape index (κ3) is 3.82. The number of aliphatic hydroxyl groups is 1. The van der Waals surface area contributed by atoms with Crippen LogP contribution in [-0.4, -0.2) is 16.6 Å². The maximum atomic E-state index is 10.8. The van der Waals surface area contributed by atoms with Gasteiger partial charge in [-0.2, -0.15) is 0 Å². The summed E-state index contributed by atoms with van der Waals surface area (Å²) >= 11 is 0. The molecular formula is C13H19NO3. The van der Waals surface area contributed by atoms with Crippen LogP contribution >= 0.6 is 0 Å². The van der Waals surface area contributed by atoms with Crippen LogP contribution in [0, 0.1) is 16.0 Å². The summed E-state index contributed by atoms with van der Waals surface area (Å²) in [5.74, 6) is 0.384. The number of non-ortho nitro benzene ring substituents is 1. The lowest BCUT2D eigenvalue weighted by Crippen LogP contribution is -2.03. The van der Waals surface area contributed by atoms with Crippen molar-refractivity contribution in [3.8, 4) is 0 Å². The number of rotatable bonds is 5. The van der Waals surface area contributed by atoms with Crippen LogP contribution in [0.1, 0.15) is 37.8 Å². The van der Waals surface area contributed by atoms with Crippen molar-refractivity contribution in [2.45, 2.75) is 33.1 Å². The number of benzene rings is 1. The lowest BCUT2D eigenvalue weighted by atomic mass is 9.95. The molecule has 0 heterocycles. The largest absolute Gasteiger partial charge is 0.396 e. The average Bonchev–Trinajstić information content (AvgIpc) is 2.26. The molecule has 0 amide bonds. The minimum absolute atomic E-state index is 0.00227. The van der Waals surface area contributed by atoms with E-state index in [1.54, 1.807) is 12.1 Å². The summed E-state index contributed by atoms with van der Waals surface area (Å²) in [4.78, 5) is 10.5. The predicted molar refractivity (Wildman–Crippen MR) is 67.1 cm³/mol. The van der Waals surface area contributed by atoms with Gasteiger partial charge in [0.15, 0.2) is 0 Å². The van der Waals surface area contributed by atoms with E-state index < -0.39 is 0 Å². The summed E-state index contributed by atoms with van der Waals surface area (Å²) in [5.41, 5.74) is 1.90. The van der Waals surface area contributed by atoms with Crippen molar-refractivity contribution >= 4 is 5.69 Å². The Morgan fingerprint density at radius 2 is 1.94 bits per heavy atom. The molecule has 0 spiro atoms. The highest BCUT2D eigenvalue weighted by atomic mass is 16.6. The molecule has 94 valence electrons. The molecule has 0 bridgehead atoms. The zero-order chi connectivity index (χ0) is 13.0. The summed E-state index contributed by atoms with van der Waals surface area (Å²) in [7, 11) is 0. The predicted octanol–water partition coefficient (Wildman–Crippen LogP) is 2.89. The van der Waals surface area contributed by atoms with Gasteiger partial charge in [-0.05, 0) is 23.5 Å². The van der Waals surface area contributed by atoms with E-state index in [1.807, 2.05) is 13.0 Å². The van der Waals surface area contributed by atoms with E-state index in [0.29, 0.717) is 5.92 Å². The van der Waals surface area contributed by atoms with Gasteiger partial charge in [0, 0.05) is 24.7 Å². The summed E-state index contributed by atoms with van der Waals surface area (Å²) in [6.07, 6.45) is 0.812. The van der Waals surface area contributed by atoms with Crippen LogP contribution in [0.2, 0.25) is 0 Å². The van der Waals surface area contributed by atoms with Gasteiger partial charge in [-0.1, -0.05) is 26.8 Å². The van der Waals surface area contributed by atoms with Gasteiger partial charge in [0.25, 0.3) is 5.69 Å². The van der Waals surface area contributed by atoms with Gasteiger partial charge in [0.1, 0.15) is 0 Å². The molecule has 0 aliphatic carbocycles. The van der Waals surface area contributed by atoms with Crippen molar-refractivity contribution in [3.63, 3.8) is 0 Å². The zero-order valence-electron chi connectivity index (χ0n) is 10.5. The SMILES string of the molecule is CC(C)Cc1cc(C(C)CO)cc([N+](=O)[O-])c1.